The van der Waals surface area contributed by atoms with Gasteiger partial charge in [-0.2, -0.15) is 6.92 Å². The Morgan fingerprint density at radius 1 is 0.533 bits per heavy atom. The molecule has 0 bridgehead atoms. The molecule has 2 aromatic heterocycles. The van der Waals surface area contributed by atoms with Crippen molar-refractivity contribution < 1.29 is 32.8 Å². The van der Waals surface area contributed by atoms with E-state index in [1.54, 1.807) is 74.2 Å². The monoisotopic (exact) mass is 754 g/mol. The Bertz CT molecular complexity index is 1900. The molecule has 4 atom stereocenters. The molecule has 0 spiro atoms. The Morgan fingerprint density at radius 3 is 0.956 bits per heavy atom. The van der Waals surface area contributed by atoms with Crippen molar-refractivity contribution in [2.24, 2.45) is 0 Å². The van der Waals surface area contributed by atoms with Gasteiger partial charge in [0.1, 0.15) is 10.6 Å². The minimum absolute atomic E-state index is 0. The van der Waals surface area contributed by atoms with Crippen LogP contribution in [0.1, 0.15) is 57.8 Å². The molecule has 3 aromatic carbocycles. The fraction of sp³-hybridized carbons (Fsp3) is 0.273. The summed E-state index contributed by atoms with van der Waals surface area (Å²) < 4.78 is 6.71. The van der Waals surface area contributed by atoms with Gasteiger partial charge in [0.2, 0.25) is 0 Å². The first-order valence-corrected chi connectivity index (χ1v) is 17.8. The van der Waals surface area contributed by atoms with E-state index in [0.29, 0.717) is 21.5 Å². The first kappa shape index (κ1) is 35.0. The fourth-order valence-electron chi connectivity index (χ4n) is 7.16. The minimum atomic E-state index is -1.50. The molecule has 0 aliphatic carbocycles. The molecule has 2 aliphatic rings. The summed E-state index contributed by atoms with van der Waals surface area (Å²) >= 11 is 0. The summed E-state index contributed by atoms with van der Waals surface area (Å²) in [5.41, 5.74) is -0.553. The van der Waals surface area contributed by atoms with Crippen LogP contribution in [0, 0.1) is 6.08 Å². The maximum Gasteiger partial charge on any atom is 2.00 e. The van der Waals surface area contributed by atoms with Crippen LogP contribution in [-0.2, 0) is 20.4 Å². The molecular formula is C33H35ClN4O4P2Pd+2. The van der Waals surface area contributed by atoms with Gasteiger partial charge in [-0.3, -0.25) is 25.8 Å². The fourth-order valence-corrected chi connectivity index (χ4v) is 14.6. The number of allylic oxidation sites excluding steroid dienone is 1. The van der Waals surface area contributed by atoms with Gasteiger partial charge < -0.3 is 18.5 Å². The zero-order valence-electron chi connectivity index (χ0n) is 25.6. The van der Waals surface area contributed by atoms with Crippen molar-refractivity contribution in [1.29, 1.82) is 0 Å². The van der Waals surface area contributed by atoms with Crippen molar-refractivity contribution in [3.63, 3.8) is 0 Å². The third-order valence-corrected chi connectivity index (χ3v) is 15.8. The maximum absolute atomic E-state index is 13.6. The normalized spacial score (nSPS) is 20.5. The molecule has 0 saturated carbocycles. The molecule has 0 unspecified atom stereocenters. The van der Waals surface area contributed by atoms with E-state index in [0.717, 1.165) is 0 Å². The first-order chi connectivity index (χ1) is 20.6. The number of hydrogen-bond donors (Lipinski definition) is 0. The van der Waals surface area contributed by atoms with Crippen LogP contribution < -0.4 is 45.3 Å². The SMILES string of the molecule is C=[C-]C.C[C@H]1n2c(=O)c3ccccc3c(=O)n2[C@H](C)[PH+]1c1ccccc1[PH+]1[C@@H](C)n2c(=O)c3ccccc3c(=O)n2[C@@H]1C.[Cl-].[Pd+2]. The van der Waals surface area contributed by atoms with Gasteiger partial charge in [0, 0.05) is 0 Å². The average molecular weight is 755 g/mol. The summed E-state index contributed by atoms with van der Waals surface area (Å²) in [7, 11) is -3.01. The molecule has 0 N–H and O–H groups in total. The zero-order chi connectivity index (χ0) is 30.7. The van der Waals surface area contributed by atoms with Gasteiger partial charge in [0.25, 0.3) is 22.2 Å². The third kappa shape index (κ3) is 5.18. The number of benzene rings is 3. The van der Waals surface area contributed by atoms with Crippen LogP contribution >= 0.6 is 15.8 Å². The maximum atomic E-state index is 13.6. The summed E-state index contributed by atoms with van der Waals surface area (Å²) in [6.45, 7) is 13.2. The second kappa shape index (κ2) is 13.4. The smallest absolute Gasteiger partial charge is 1.00 e. The van der Waals surface area contributed by atoms with Crippen LogP contribution in [0.25, 0.3) is 21.5 Å². The number of nitrogens with zero attached hydrogens (tertiary/aromatic N) is 4. The number of hydrogen-bond acceptors (Lipinski definition) is 4. The van der Waals surface area contributed by atoms with Crippen LogP contribution in [0.15, 0.2) is 98.6 Å². The predicted octanol–water partition coefficient (Wildman–Crippen LogP) is 1.82. The van der Waals surface area contributed by atoms with Gasteiger partial charge in [0.15, 0.2) is 23.1 Å². The molecule has 12 heteroatoms. The van der Waals surface area contributed by atoms with Gasteiger partial charge in [-0.05, 0) is 64.1 Å². The van der Waals surface area contributed by atoms with Crippen molar-refractivity contribution in [2.45, 2.75) is 57.8 Å². The van der Waals surface area contributed by atoms with Crippen molar-refractivity contribution in [3.8, 4) is 0 Å². The van der Waals surface area contributed by atoms with E-state index in [1.165, 1.54) is 10.6 Å². The molecule has 7 rings (SSSR count). The quantitative estimate of drug-likeness (QED) is 0.157. The Labute approximate surface area is 282 Å². The van der Waals surface area contributed by atoms with E-state index in [-0.39, 0.29) is 78.2 Å². The van der Waals surface area contributed by atoms with Gasteiger partial charge in [0.05, 0.1) is 37.4 Å². The van der Waals surface area contributed by atoms with E-state index >= 15 is 0 Å². The summed E-state index contributed by atoms with van der Waals surface area (Å²) in [5.74, 6) is -0.626. The van der Waals surface area contributed by atoms with Gasteiger partial charge >= 0.3 is 20.4 Å². The van der Waals surface area contributed by atoms with Crippen LogP contribution in [0.4, 0.5) is 0 Å². The molecule has 0 amide bonds. The van der Waals surface area contributed by atoms with Gasteiger partial charge in [-0.1, -0.05) is 36.4 Å². The average Bonchev–Trinajstić information content (AvgIpc) is 3.43. The standard InChI is InChI=1S/C30H28N4O4P2.C3H5.ClH.Pd/c1-17-31-27(35)21-11-5-6-12-22(21)28(36)32(31)18(2)39(17)25-15-9-10-16-26(25)40-19(3)33-29(37)23-13-7-8-14-24(23)30(38)34(33)20(40)4;1-3-2;;/h5-20H,1-4H3;1H2,2H3;1H;/q;-1;;+2/p+1/t17-,18-,19-,20-;;;/m0.../s1. The molecule has 236 valence electrons. The summed E-state index contributed by atoms with van der Waals surface area (Å²) in [5, 5.41) is 4.15. The molecule has 4 heterocycles. The van der Waals surface area contributed by atoms with E-state index in [9.17, 15) is 19.2 Å². The Hall–Kier alpha value is -2.91. The Morgan fingerprint density at radius 2 is 0.733 bits per heavy atom. The zero-order valence-corrected chi connectivity index (χ0v) is 29.9. The van der Waals surface area contributed by atoms with Crippen LogP contribution in [0.2, 0.25) is 0 Å². The molecule has 5 aromatic rings. The van der Waals surface area contributed by atoms with E-state index in [1.807, 2.05) is 12.1 Å². The van der Waals surface area contributed by atoms with Crippen molar-refractivity contribution in [1.82, 2.24) is 18.7 Å². The second-order valence-corrected chi connectivity index (χ2v) is 17.4. The molecular weight excluding hydrogens is 720 g/mol. The molecule has 8 nitrogen and oxygen atoms in total. The van der Waals surface area contributed by atoms with Crippen molar-refractivity contribution in [2.75, 3.05) is 0 Å². The molecule has 0 radical (unpaired) electrons. The van der Waals surface area contributed by atoms with Crippen molar-refractivity contribution in [3.05, 3.63) is 127 Å². The molecule has 0 fully saturated rings. The number of rotatable bonds is 2. The number of fused-ring (bicyclic) bond motifs is 4. The summed E-state index contributed by atoms with van der Waals surface area (Å²) in [4.78, 5) is 54.6. The molecule has 45 heavy (non-hydrogen) atoms. The van der Waals surface area contributed by atoms with E-state index in [4.69, 9.17) is 0 Å². The summed E-state index contributed by atoms with van der Waals surface area (Å²) in [6.07, 6.45) is 2.50. The second-order valence-electron chi connectivity index (χ2n) is 11.2. The molecule has 2 aliphatic heterocycles. The third-order valence-electron chi connectivity index (χ3n) is 8.89. The van der Waals surface area contributed by atoms with Crippen LogP contribution in [0.3, 0.4) is 0 Å². The Balaban J connectivity index is 0.000000888. The minimum Gasteiger partial charge on any atom is -1.00 e. The van der Waals surface area contributed by atoms with Gasteiger partial charge in [-0.25, -0.2) is 18.7 Å². The van der Waals surface area contributed by atoms with Gasteiger partial charge in [-0.15, -0.1) is 0 Å². The van der Waals surface area contributed by atoms with E-state index < -0.39 is 15.8 Å². The number of aromatic nitrogens is 4. The Kier molecular flexibility index (Phi) is 10.4. The van der Waals surface area contributed by atoms with Crippen LogP contribution in [0.5, 0.6) is 0 Å². The van der Waals surface area contributed by atoms with Crippen molar-refractivity contribution >= 4 is 48.0 Å². The topological polar surface area (TPSA) is 88.0 Å². The van der Waals surface area contributed by atoms with Crippen LogP contribution in [-0.4, -0.2) is 18.7 Å². The largest absolute Gasteiger partial charge is 2.00 e. The summed E-state index contributed by atoms with van der Waals surface area (Å²) in [6, 6.07) is 22.4. The van der Waals surface area contributed by atoms with E-state index in [2.05, 4.69) is 52.5 Å². The predicted molar refractivity (Wildman–Crippen MR) is 181 cm³/mol. The first-order valence-electron chi connectivity index (χ1n) is 14.4. The molecule has 0 saturated heterocycles. The number of halogens is 1.